The van der Waals surface area contributed by atoms with Crippen molar-refractivity contribution in [3.05, 3.63) is 24.3 Å². The van der Waals surface area contributed by atoms with Gasteiger partial charge in [-0.25, -0.2) is 0 Å². The second kappa shape index (κ2) is 7.29. The van der Waals surface area contributed by atoms with Crippen molar-refractivity contribution in [2.24, 2.45) is 0 Å². The van der Waals surface area contributed by atoms with Crippen LogP contribution < -0.4 is 15.4 Å². The Morgan fingerprint density at radius 3 is 2.50 bits per heavy atom. The maximum absolute atomic E-state index is 11.8. The first-order valence-electron chi connectivity index (χ1n) is 7.43. The highest BCUT2D eigenvalue weighted by Crippen LogP contribution is 2.18. The fourth-order valence-electron chi connectivity index (χ4n) is 2.46. The number of amides is 1. The van der Waals surface area contributed by atoms with Gasteiger partial charge in [-0.1, -0.05) is 12.8 Å². The molecule has 20 heavy (non-hydrogen) atoms. The number of hydrogen-bond acceptors (Lipinski definition) is 3. The summed E-state index contributed by atoms with van der Waals surface area (Å²) in [5.74, 6) is 0.830. The third kappa shape index (κ3) is 4.85. The highest BCUT2D eigenvalue weighted by molar-refractivity contribution is 5.92. The first-order chi connectivity index (χ1) is 9.63. The fourth-order valence-corrected chi connectivity index (χ4v) is 2.46. The van der Waals surface area contributed by atoms with Crippen molar-refractivity contribution in [1.29, 1.82) is 0 Å². The van der Waals surface area contributed by atoms with Crippen LogP contribution in [-0.4, -0.2) is 24.6 Å². The quantitative estimate of drug-likeness (QED) is 0.840. The monoisotopic (exact) mass is 276 g/mol. The van der Waals surface area contributed by atoms with Crippen LogP contribution in [0.5, 0.6) is 5.75 Å². The molecule has 1 aromatic rings. The van der Waals surface area contributed by atoms with Crippen LogP contribution in [0.4, 0.5) is 5.69 Å². The van der Waals surface area contributed by atoms with Gasteiger partial charge in [0.1, 0.15) is 5.75 Å². The molecular weight excluding hydrogens is 252 g/mol. The molecule has 0 spiro atoms. The Hall–Kier alpha value is -1.55. The molecule has 1 amide bonds. The van der Waals surface area contributed by atoms with Crippen LogP contribution in [0.2, 0.25) is 0 Å². The maximum Gasteiger partial charge on any atom is 0.238 e. The molecule has 0 bridgehead atoms. The molecule has 0 saturated heterocycles. The minimum absolute atomic E-state index is 0.00873. The third-order valence-corrected chi connectivity index (χ3v) is 3.42. The van der Waals surface area contributed by atoms with Crippen molar-refractivity contribution >= 4 is 11.6 Å². The van der Waals surface area contributed by atoms with Crippen molar-refractivity contribution < 1.29 is 9.53 Å². The van der Waals surface area contributed by atoms with Crippen LogP contribution in [0.25, 0.3) is 0 Å². The predicted molar refractivity (Wildman–Crippen MR) is 81.1 cm³/mol. The van der Waals surface area contributed by atoms with E-state index in [2.05, 4.69) is 10.6 Å². The van der Waals surface area contributed by atoms with Crippen molar-refractivity contribution in [1.82, 2.24) is 5.32 Å². The van der Waals surface area contributed by atoms with E-state index in [1.54, 1.807) is 0 Å². The Morgan fingerprint density at radius 2 is 1.90 bits per heavy atom. The van der Waals surface area contributed by atoms with E-state index < -0.39 is 0 Å². The zero-order valence-corrected chi connectivity index (χ0v) is 12.3. The van der Waals surface area contributed by atoms with Gasteiger partial charge in [0.15, 0.2) is 0 Å². The van der Waals surface area contributed by atoms with E-state index in [1.165, 1.54) is 25.7 Å². The van der Waals surface area contributed by atoms with Gasteiger partial charge >= 0.3 is 0 Å². The molecule has 2 rings (SSSR count). The zero-order valence-electron chi connectivity index (χ0n) is 12.3. The number of carbonyl (C=O) groups is 1. The number of hydrogen-bond donors (Lipinski definition) is 2. The third-order valence-electron chi connectivity index (χ3n) is 3.42. The number of rotatable bonds is 6. The lowest BCUT2D eigenvalue weighted by atomic mass is 10.2. The number of benzene rings is 1. The highest BCUT2D eigenvalue weighted by atomic mass is 16.5. The van der Waals surface area contributed by atoms with Gasteiger partial charge in [0, 0.05) is 11.7 Å². The van der Waals surface area contributed by atoms with E-state index in [9.17, 15) is 4.79 Å². The molecule has 1 fully saturated rings. The van der Waals surface area contributed by atoms with E-state index in [0.717, 1.165) is 11.4 Å². The molecule has 1 saturated carbocycles. The summed E-state index contributed by atoms with van der Waals surface area (Å²) in [6, 6.07) is 8.00. The van der Waals surface area contributed by atoms with Crippen LogP contribution in [0.3, 0.4) is 0 Å². The van der Waals surface area contributed by atoms with E-state index >= 15 is 0 Å². The van der Waals surface area contributed by atoms with E-state index in [-0.39, 0.29) is 12.0 Å². The van der Waals surface area contributed by atoms with Gasteiger partial charge in [-0.15, -0.1) is 0 Å². The van der Waals surface area contributed by atoms with Crippen molar-refractivity contribution in [2.75, 3.05) is 11.9 Å². The predicted octanol–water partition coefficient (Wildman–Crippen LogP) is 2.94. The van der Waals surface area contributed by atoms with E-state index in [1.807, 2.05) is 38.1 Å². The van der Waals surface area contributed by atoms with Crippen LogP contribution in [0.15, 0.2) is 24.3 Å². The summed E-state index contributed by atoms with van der Waals surface area (Å²) in [4.78, 5) is 11.8. The van der Waals surface area contributed by atoms with Gasteiger partial charge in [0.25, 0.3) is 0 Å². The van der Waals surface area contributed by atoms with Crippen LogP contribution in [0.1, 0.15) is 39.5 Å². The molecular formula is C16H24N2O2. The SMILES string of the molecule is CC(C)Oc1ccc(NC(=O)CNC2CCCC2)cc1. The van der Waals surface area contributed by atoms with Crippen LogP contribution in [0, 0.1) is 0 Å². The fraction of sp³-hybridized carbons (Fsp3) is 0.562. The zero-order chi connectivity index (χ0) is 14.4. The average molecular weight is 276 g/mol. The summed E-state index contributed by atoms with van der Waals surface area (Å²) in [5, 5.41) is 6.19. The second-order valence-corrected chi connectivity index (χ2v) is 5.60. The van der Waals surface area contributed by atoms with E-state index in [4.69, 9.17) is 4.74 Å². The van der Waals surface area contributed by atoms with Crippen LogP contribution >= 0.6 is 0 Å². The molecule has 0 aromatic heterocycles. The molecule has 4 nitrogen and oxygen atoms in total. The molecule has 1 aliphatic carbocycles. The van der Waals surface area contributed by atoms with Gasteiger partial charge in [-0.3, -0.25) is 4.79 Å². The summed E-state index contributed by atoms with van der Waals surface area (Å²) in [5.41, 5.74) is 0.805. The number of carbonyl (C=O) groups excluding carboxylic acids is 1. The average Bonchev–Trinajstić information content (AvgIpc) is 2.91. The van der Waals surface area contributed by atoms with E-state index in [0.29, 0.717) is 12.6 Å². The summed E-state index contributed by atoms with van der Waals surface area (Å²) in [6.07, 6.45) is 5.09. The van der Waals surface area contributed by atoms with Gasteiger partial charge in [-0.2, -0.15) is 0 Å². The largest absolute Gasteiger partial charge is 0.491 e. The Balaban J connectivity index is 1.75. The molecule has 0 atom stereocenters. The maximum atomic E-state index is 11.8. The van der Waals surface area contributed by atoms with Gasteiger partial charge in [0.2, 0.25) is 5.91 Å². The van der Waals surface area contributed by atoms with Gasteiger partial charge in [-0.05, 0) is 51.0 Å². The normalized spacial score (nSPS) is 15.6. The second-order valence-electron chi connectivity index (χ2n) is 5.60. The molecule has 4 heteroatoms. The Morgan fingerprint density at radius 1 is 1.25 bits per heavy atom. The summed E-state index contributed by atoms with van der Waals surface area (Å²) in [6.45, 7) is 4.36. The molecule has 1 aromatic carbocycles. The Kier molecular flexibility index (Phi) is 5.41. The summed E-state index contributed by atoms with van der Waals surface area (Å²) >= 11 is 0. The molecule has 0 unspecified atom stereocenters. The minimum Gasteiger partial charge on any atom is -0.491 e. The lowest BCUT2D eigenvalue weighted by molar-refractivity contribution is -0.115. The lowest BCUT2D eigenvalue weighted by Gasteiger charge is -2.12. The standard InChI is InChI=1S/C16H24N2O2/c1-12(2)20-15-9-7-14(8-10-15)18-16(19)11-17-13-5-3-4-6-13/h7-10,12-13,17H,3-6,11H2,1-2H3,(H,18,19). The summed E-state index contributed by atoms with van der Waals surface area (Å²) in [7, 11) is 0. The number of nitrogens with one attached hydrogen (secondary N) is 2. The first-order valence-corrected chi connectivity index (χ1v) is 7.43. The van der Waals surface area contributed by atoms with Gasteiger partial charge in [0.05, 0.1) is 12.6 Å². The molecule has 2 N–H and O–H groups in total. The Bertz CT molecular complexity index is 423. The molecule has 1 aliphatic rings. The smallest absolute Gasteiger partial charge is 0.238 e. The molecule has 110 valence electrons. The lowest BCUT2D eigenvalue weighted by Crippen LogP contribution is -2.34. The summed E-state index contributed by atoms with van der Waals surface area (Å²) < 4.78 is 5.56. The molecule has 0 radical (unpaired) electrons. The van der Waals surface area contributed by atoms with Crippen molar-refractivity contribution in [3.63, 3.8) is 0 Å². The number of ether oxygens (including phenoxy) is 1. The molecule has 0 aliphatic heterocycles. The number of anilines is 1. The van der Waals surface area contributed by atoms with Crippen molar-refractivity contribution in [2.45, 2.75) is 51.7 Å². The first kappa shape index (κ1) is 14.9. The van der Waals surface area contributed by atoms with Gasteiger partial charge < -0.3 is 15.4 Å². The minimum atomic E-state index is 0.00873. The van der Waals surface area contributed by atoms with Crippen LogP contribution in [-0.2, 0) is 4.79 Å². The highest BCUT2D eigenvalue weighted by Gasteiger charge is 2.15. The molecule has 0 heterocycles. The Labute approximate surface area is 120 Å². The topological polar surface area (TPSA) is 50.4 Å². The van der Waals surface area contributed by atoms with Crippen molar-refractivity contribution in [3.8, 4) is 5.75 Å².